The normalized spacial score (nSPS) is 19.4. The molecule has 7 nitrogen and oxygen atoms in total. The molecule has 0 bridgehead atoms. The minimum absolute atomic E-state index is 0.464. The standard InChI is InChI=1S/C12H18N6OS/c1-8-10(17-19-16-8)7-20-12-15-14-11(18(12)2)9-4-3-5-13-6-9/h9,13H,3-7H2,1-2H3/t9-/m1/s1. The van der Waals surface area contributed by atoms with Crippen molar-refractivity contribution in [3.63, 3.8) is 0 Å². The lowest BCUT2D eigenvalue weighted by atomic mass is 9.99. The van der Waals surface area contributed by atoms with E-state index in [0.29, 0.717) is 11.7 Å². The van der Waals surface area contributed by atoms with Gasteiger partial charge in [0.2, 0.25) is 0 Å². The number of nitrogens with one attached hydrogen (secondary N) is 1. The molecular weight excluding hydrogens is 276 g/mol. The van der Waals surface area contributed by atoms with Gasteiger partial charge in [0, 0.05) is 25.3 Å². The van der Waals surface area contributed by atoms with Gasteiger partial charge in [-0.2, -0.15) is 0 Å². The fourth-order valence-corrected chi connectivity index (χ4v) is 3.31. The van der Waals surface area contributed by atoms with Crippen molar-refractivity contribution in [1.82, 2.24) is 30.4 Å². The molecule has 108 valence electrons. The molecule has 1 aliphatic rings. The highest BCUT2D eigenvalue weighted by molar-refractivity contribution is 7.98. The third-order valence-electron chi connectivity index (χ3n) is 3.62. The summed E-state index contributed by atoms with van der Waals surface area (Å²) in [5, 5.41) is 20.6. The van der Waals surface area contributed by atoms with Gasteiger partial charge in [-0.05, 0) is 26.3 Å². The lowest BCUT2D eigenvalue weighted by Gasteiger charge is -2.21. The predicted octanol–water partition coefficient (Wildman–Crippen LogP) is 1.27. The molecular formula is C12H18N6OS. The van der Waals surface area contributed by atoms with Crippen LogP contribution in [-0.2, 0) is 12.8 Å². The van der Waals surface area contributed by atoms with Gasteiger partial charge in [0.1, 0.15) is 17.2 Å². The second-order valence-electron chi connectivity index (χ2n) is 5.03. The summed E-state index contributed by atoms with van der Waals surface area (Å²) >= 11 is 1.61. The van der Waals surface area contributed by atoms with E-state index in [1.807, 2.05) is 14.0 Å². The maximum absolute atomic E-state index is 4.70. The van der Waals surface area contributed by atoms with Crippen LogP contribution in [0.4, 0.5) is 0 Å². The molecule has 1 N–H and O–H groups in total. The third-order valence-corrected chi connectivity index (χ3v) is 4.65. The molecule has 1 atom stereocenters. The summed E-state index contributed by atoms with van der Waals surface area (Å²) in [7, 11) is 2.03. The van der Waals surface area contributed by atoms with E-state index in [1.54, 1.807) is 11.8 Å². The molecule has 0 aliphatic carbocycles. The lowest BCUT2D eigenvalue weighted by molar-refractivity contribution is 0.302. The van der Waals surface area contributed by atoms with E-state index in [-0.39, 0.29) is 0 Å². The van der Waals surface area contributed by atoms with Gasteiger partial charge in [-0.15, -0.1) is 10.2 Å². The fourth-order valence-electron chi connectivity index (χ4n) is 2.39. The lowest BCUT2D eigenvalue weighted by Crippen LogP contribution is -2.29. The first-order valence-electron chi connectivity index (χ1n) is 6.76. The number of rotatable bonds is 4. The zero-order valence-corrected chi connectivity index (χ0v) is 12.5. The van der Waals surface area contributed by atoms with Crippen molar-refractivity contribution in [2.75, 3.05) is 13.1 Å². The minimum atomic E-state index is 0.464. The summed E-state index contributed by atoms with van der Waals surface area (Å²) in [4.78, 5) is 0. The van der Waals surface area contributed by atoms with Gasteiger partial charge >= 0.3 is 0 Å². The number of aryl methyl sites for hydroxylation is 1. The molecule has 2 aromatic rings. The van der Waals surface area contributed by atoms with Crippen molar-refractivity contribution in [3.8, 4) is 0 Å². The Morgan fingerprint density at radius 1 is 1.40 bits per heavy atom. The van der Waals surface area contributed by atoms with Crippen LogP contribution in [-0.4, -0.2) is 38.2 Å². The van der Waals surface area contributed by atoms with Gasteiger partial charge in [0.05, 0.1) is 0 Å². The second-order valence-corrected chi connectivity index (χ2v) is 5.97. The molecule has 8 heteroatoms. The Morgan fingerprint density at radius 2 is 2.30 bits per heavy atom. The SMILES string of the molecule is Cc1nonc1CSc1nnc([C@@H]2CCCNC2)n1C. The van der Waals surface area contributed by atoms with E-state index in [4.69, 9.17) is 4.63 Å². The van der Waals surface area contributed by atoms with Gasteiger partial charge < -0.3 is 9.88 Å². The van der Waals surface area contributed by atoms with Crippen LogP contribution in [0.15, 0.2) is 9.79 Å². The Morgan fingerprint density at radius 3 is 3.00 bits per heavy atom. The van der Waals surface area contributed by atoms with Crippen LogP contribution in [0.5, 0.6) is 0 Å². The minimum Gasteiger partial charge on any atom is -0.316 e. The first kappa shape index (κ1) is 13.6. The van der Waals surface area contributed by atoms with Crippen LogP contribution in [0.3, 0.4) is 0 Å². The molecule has 0 aromatic carbocycles. The quantitative estimate of drug-likeness (QED) is 0.850. The van der Waals surface area contributed by atoms with Crippen molar-refractivity contribution in [1.29, 1.82) is 0 Å². The molecule has 0 amide bonds. The van der Waals surface area contributed by atoms with Crippen molar-refractivity contribution in [2.24, 2.45) is 7.05 Å². The van der Waals surface area contributed by atoms with Gasteiger partial charge in [-0.25, -0.2) is 4.63 Å². The highest BCUT2D eigenvalue weighted by Crippen LogP contribution is 2.26. The van der Waals surface area contributed by atoms with Gasteiger partial charge in [0.15, 0.2) is 5.16 Å². The molecule has 0 radical (unpaired) electrons. The largest absolute Gasteiger partial charge is 0.316 e. The first-order chi connectivity index (χ1) is 9.75. The number of piperidine rings is 1. The Balaban J connectivity index is 1.68. The van der Waals surface area contributed by atoms with Crippen LogP contribution < -0.4 is 5.32 Å². The molecule has 3 heterocycles. The summed E-state index contributed by atoms with van der Waals surface area (Å²) in [6.45, 7) is 3.99. The molecule has 0 saturated carbocycles. The summed E-state index contributed by atoms with van der Waals surface area (Å²) in [5.41, 5.74) is 1.69. The number of aromatic nitrogens is 5. The van der Waals surface area contributed by atoms with Crippen LogP contribution in [0, 0.1) is 6.92 Å². The molecule has 1 fully saturated rings. The third kappa shape index (κ3) is 2.71. The Hall–Kier alpha value is -1.41. The summed E-state index contributed by atoms with van der Waals surface area (Å²) in [6.07, 6.45) is 2.37. The number of thioether (sulfide) groups is 1. The molecule has 20 heavy (non-hydrogen) atoms. The van der Waals surface area contributed by atoms with Gasteiger partial charge in [-0.3, -0.25) is 0 Å². The first-order valence-corrected chi connectivity index (χ1v) is 7.75. The molecule has 3 rings (SSSR count). The zero-order chi connectivity index (χ0) is 13.9. The second kappa shape index (κ2) is 5.92. The molecule has 1 saturated heterocycles. The van der Waals surface area contributed by atoms with Crippen LogP contribution in [0.25, 0.3) is 0 Å². The Kier molecular flexibility index (Phi) is 4.02. The molecule has 0 unspecified atom stereocenters. The van der Waals surface area contributed by atoms with E-state index in [0.717, 1.165) is 35.5 Å². The monoisotopic (exact) mass is 294 g/mol. The predicted molar refractivity (Wildman–Crippen MR) is 74.4 cm³/mol. The number of hydrogen-bond donors (Lipinski definition) is 1. The zero-order valence-electron chi connectivity index (χ0n) is 11.7. The van der Waals surface area contributed by atoms with Crippen LogP contribution in [0.2, 0.25) is 0 Å². The van der Waals surface area contributed by atoms with E-state index in [2.05, 4.69) is 30.4 Å². The highest BCUT2D eigenvalue weighted by atomic mass is 32.2. The smallest absolute Gasteiger partial charge is 0.191 e. The van der Waals surface area contributed by atoms with Crippen molar-refractivity contribution in [2.45, 2.75) is 36.6 Å². The van der Waals surface area contributed by atoms with Crippen molar-refractivity contribution >= 4 is 11.8 Å². The summed E-state index contributed by atoms with van der Waals surface area (Å²) in [6, 6.07) is 0. The molecule has 2 aromatic heterocycles. The summed E-state index contributed by atoms with van der Waals surface area (Å²) in [5.74, 6) is 2.23. The van der Waals surface area contributed by atoms with Crippen molar-refractivity contribution < 1.29 is 4.63 Å². The van der Waals surface area contributed by atoms with E-state index in [9.17, 15) is 0 Å². The highest BCUT2D eigenvalue weighted by Gasteiger charge is 2.22. The van der Waals surface area contributed by atoms with Crippen LogP contribution in [0.1, 0.15) is 36.0 Å². The van der Waals surface area contributed by atoms with Gasteiger partial charge in [-0.1, -0.05) is 22.1 Å². The van der Waals surface area contributed by atoms with Crippen LogP contribution >= 0.6 is 11.8 Å². The topological polar surface area (TPSA) is 81.7 Å². The van der Waals surface area contributed by atoms with E-state index < -0.39 is 0 Å². The Labute approximate surface area is 121 Å². The fraction of sp³-hybridized carbons (Fsp3) is 0.667. The van der Waals surface area contributed by atoms with E-state index >= 15 is 0 Å². The number of nitrogens with zero attached hydrogens (tertiary/aromatic N) is 5. The average Bonchev–Trinajstić information content (AvgIpc) is 3.04. The molecule has 1 aliphatic heterocycles. The van der Waals surface area contributed by atoms with E-state index in [1.165, 1.54) is 12.8 Å². The molecule has 0 spiro atoms. The maximum Gasteiger partial charge on any atom is 0.191 e. The summed E-state index contributed by atoms with van der Waals surface area (Å²) < 4.78 is 6.79. The van der Waals surface area contributed by atoms with Gasteiger partial charge in [0.25, 0.3) is 0 Å². The average molecular weight is 294 g/mol. The maximum atomic E-state index is 4.70. The number of hydrogen-bond acceptors (Lipinski definition) is 7. The Bertz CT molecular complexity index is 574. The van der Waals surface area contributed by atoms with Crippen molar-refractivity contribution in [3.05, 3.63) is 17.2 Å².